The van der Waals surface area contributed by atoms with Crippen LogP contribution in [0.2, 0.25) is 0 Å². The maximum atomic E-state index is 11.4. The van der Waals surface area contributed by atoms with Crippen LogP contribution in [0.15, 0.2) is 24.3 Å². The van der Waals surface area contributed by atoms with Crippen LogP contribution >= 0.6 is 0 Å². The zero-order valence-corrected chi connectivity index (χ0v) is 9.73. The van der Waals surface area contributed by atoms with Crippen molar-refractivity contribution in [3.63, 3.8) is 0 Å². The van der Waals surface area contributed by atoms with Crippen molar-refractivity contribution < 1.29 is 19.8 Å². The molecule has 1 atom stereocenters. The van der Waals surface area contributed by atoms with Crippen LogP contribution in [0.25, 0.3) is 0 Å². The topological polar surface area (TPSA) is 86.6 Å². The Hall–Kier alpha value is -2.04. The number of aromatic hydroxyl groups is 1. The molecule has 0 radical (unpaired) electrons. The summed E-state index contributed by atoms with van der Waals surface area (Å²) in [6, 6.07) is 5.76. The average molecular weight is 237 g/mol. The molecule has 92 valence electrons. The van der Waals surface area contributed by atoms with Gasteiger partial charge in [-0.15, -0.1) is 0 Å². The lowest BCUT2D eigenvalue weighted by molar-refractivity contribution is -0.148. The van der Waals surface area contributed by atoms with Gasteiger partial charge in [0.1, 0.15) is 5.75 Å². The van der Waals surface area contributed by atoms with E-state index in [1.165, 1.54) is 31.2 Å². The Morgan fingerprint density at radius 1 is 1.29 bits per heavy atom. The minimum atomic E-state index is -1.44. The largest absolute Gasteiger partial charge is 0.508 e. The zero-order valence-electron chi connectivity index (χ0n) is 9.73. The van der Waals surface area contributed by atoms with Crippen molar-refractivity contribution in [3.05, 3.63) is 29.8 Å². The highest BCUT2D eigenvalue weighted by molar-refractivity contribution is 5.87. The molecule has 0 saturated heterocycles. The van der Waals surface area contributed by atoms with E-state index in [9.17, 15) is 19.8 Å². The van der Waals surface area contributed by atoms with E-state index in [0.29, 0.717) is 5.56 Å². The van der Waals surface area contributed by atoms with Gasteiger partial charge in [-0.25, -0.2) is 4.79 Å². The van der Waals surface area contributed by atoms with Crippen LogP contribution < -0.4 is 5.32 Å². The first-order chi connectivity index (χ1) is 7.92. The second-order valence-corrected chi connectivity index (χ2v) is 3.79. The molecule has 3 N–H and O–H groups in total. The number of hydrogen-bond donors (Lipinski definition) is 3. The summed E-state index contributed by atoms with van der Waals surface area (Å²) in [5.41, 5.74) is -1.01. The lowest BCUT2D eigenvalue weighted by Crippen LogP contribution is -2.50. The molecule has 0 aliphatic heterocycles. The highest BCUT2D eigenvalue weighted by Crippen LogP contribution is 2.27. The lowest BCUT2D eigenvalue weighted by atomic mass is 9.87. The zero-order chi connectivity index (χ0) is 13.1. The number of benzene rings is 1. The van der Waals surface area contributed by atoms with E-state index in [2.05, 4.69) is 5.32 Å². The highest BCUT2D eigenvalue weighted by atomic mass is 16.4. The normalized spacial score (nSPS) is 13.8. The molecule has 17 heavy (non-hydrogen) atoms. The molecule has 1 aromatic carbocycles. The number of phenols is 1. The van der Waals surface area contributed by atoms with Crippen LogP contribution in [0.4, 0.5) is 0 Å². The summed E-state index contributed by atoms with van der Waals surface area (Å²) in [6.07, 6.45) is 0.215. The van der Waals surface area contributed by atoms with Gasteiger partial charge in [-0.1, -0.05) is 19.1 Å². The number of nitrogens with one attached hydrogen (secondary N) is 1. The third kappa shape index (κ3) is 2.55. The summed E-state index contributed by atoms with van der Waals surface area (Å²) < 4.78 is 0. The number of carboxylic acid groups (broad SMARTS) is 1. The SMILES string of the molecule is CCC(NC(C)=O)(C(=O)O)c1ccc(O)cc1. The number of aliphatic carboxylic acids is 1. The molecule has 1 rings (SSSR count). The Bertz CT molecular complexity index is 427. The monoisotopic (exact) mass is 237 g/mol. The highest BCUT2D eigenvalue weighted by Gasteiger charge is 2.39. The second kappa shape index (κ2) is 4.86. The summed E-state index contributed by atoms with van der Waals surface area (Å²) in [4.78, 5) is 22.5. The van der Waals surface area contributed by atoms with Crippen LogP contribution in [-0.4, -0.2) is 22.1 Å². The van der Waals surface area contributed by atoms with Gasteiger partial charge >= 0.3 is 5.97 Å². The Morgan fingerprint density at radius 2 is 1.82 bits per heavy atom. The molecule has 0 fully saturated rings. The molecule has 0 aromatic heterocycles. The first-order valence-electron chi connectivity index (χ1n) is 5.24. The third-order valence-electron chi connectivity index (χ3n) is 2.64. The minimum absolute atomic E-state index is 0.0481. The predicted octanol–water partition coefficient (Wildman–Crippen LogP) is 1.22. The maximum Gasteiger partial charge on any atom is 0.334 e. The fraction of sp³-hybridized carbons (Fsp3) is 0.333. The Labute approximate surface area is 99.1 Å². The van der Waals surface area contributed by atoms with Crippen molar-refractivity contribution >= 4 is 11.9 Å². The van der Waals surface area contributed by atoms with Crippen molar-refractivity contribution in [2.75, 3.05) is 0 Å². The van der Waals surface area contributed by atoms with Gasteiger partial charge in [-0.2, -0.15) is 0 Å². The smallest absolute Gasteiger partial charge is 0.334 e. The van der Waals surface area contributed by atoms with Crippen LogP contribution in [0, 0.1) is 0 Å². The van der Waals surface area contributed by atoms with Gasteiger partial charge in [-0.3, -0.25) is 4.79 Å². The van der Waals surface area contributed by atoms with Crippen LogP contribution in [0.1, 0.15) is 25.8 Å². The molecule has 1 aromatic rings. The van der Waals surface area contributed by atoms with E-state index in [4.69, 9.17) is 0 Å². The first-order valence-corrected chi connectivity index (χ1v) is 5.24. The van der Waals surface area contributed by atoms with Gasteiger partial charge in [0.25, 0.3) is 0 Å². The Balaban J connectivity index is 3.26. The van der Waals surface area contributed by atoms with Crippen molar-refractivity contribution in [2.45, 2.75) is 25.8 Å². The van der Waals surface area contributed by atoms with E-state index in [-0.39, 0.29) is 12.2 Å². The van der Waals surface area contributed by atoms with E-state index >= 15 is 0 Å². The molecule has 0 bridgehead atoms. The molecule has 1 amide bonds. The molecule has 0 spiro atoms. The quantitative estimate of drug-likeness (QED) is 0.734. The van der Waals surface area contributed by atoms with Gasteiger partial charge in [-0.05, 0) is 24.1 Å². The molecule has 5 nitrogen and oxygen atoms in total. The lowest BCUT2D eigenvalue weighted by Gasteiger charge is -2.29. The van der Waals surface area contributed by atoms with Crippen LogP contribution in [0.3, 0.4) is 0 Å². The van der Waals surface area contributed by atoms with Crippen LogP contribution in [0.5, 0.6) is 5.75 Å². The summed E-state index contributed by atoms with van der Waals surface area (Å²) in [6.45, 7) is 2.95. The Morgan fingerprint density at radius 3 is 2.18 bits per heavy atom. The molecule has 0 aliphatic rings. The summed E-state index contributed by atoms with van der Waals surface area (Å²) >= 11 is 0. The van der Waals surface area contributed by atoms with Gasteiger partial charge < -0.3 is 15.5 Å². The van der Waals surface area contributed by atoms with Gasteiger partial charge in [0.15, 0.2) is 5.54 Å². The fourth-order valence-corrected chi connectivity index (χ4v) is 1.74. The van der Waals surface area contributed by atoms with E-state index < -0.39 is 17.4 Å². The van der Waals surface area contributed by atoms with Gasteiger partial charge in [0, 0.05) is 6.92 Å². The number of carbonyl (C=O) groups is 2. The molecule has 5 heteroatoms. The maximum absolute atomic E-state index is 11.4. The van der Waals surface area contributed by atoms with Crippen LogP contribution in [-0.2, 0) is 15.1 Å². The number of phenolic OH excluding ortho intramolecular Hbond substituents is 1. The molecule has 0 aliphatic carbocycles. The molecule has 0 saturated carbocycles. The summed E-state index contributed by atoms with van der Waals surface area (Å²) in [5, 5.41) is 21.0. The summed E-state index contributed by atoms with van der Waals surface area (Å²) in [5.74, 6) is -1.49. The van der Waals surface area contributed by atoms with E-state index in [1.54, 1.807) is 6.92 Å². The number of carboxylic acids is 1. The van der Waals surface area contributed by atoms with Crippen molar-refractivity contribution in [1.29, 1.82) is 0 Å². The second-order valence-electron chi connectivity index (χ2n) is 3.79. The number of carbonyl (C=O) groups excluding carboxylic acids is 1. The fourth-order valence-electron chi connectivity index (χ4n) is 1.74. The average Bonchev–Trinajstić information content (AvgIpc) is 2.26. The number of hydrogen-bond acceptors (Lipinski definition) is 3. The van der Waals surface area contributed by atoms with Gasteiger partial charge in [0.05, 0.1) is 0 Å². The molecule has 1 unspecified atom stereocenters. The molecular formula is C12H15NO4. The third-order valence-corrected chi connectivity index (χ3v) is 2.64. The first kappa shape index (κ1) is 13.0. The number of amides is 1. The van der Waals surface area contributed by atoms with Gasteiger partial charge in [0.2, 0.25) is 5.91 Å². The minimum Gasteiger partial charge on any atom is -0.508 e. The predicted molar refractivity (Wildman–Crippen MR) is 61.5 cm³/mol. The van der Waals surface area contributed by atoms with E-state index in [1.807, 2.05) is 0 Å². The Kier molecular flexibility index (Phi) is 3.73. The molecule has 0 heterocycles. The summed E-state index contributed by atoms with van der Waals surface area (Å²) in [7, 11) is 0. The molecular weight excluding hydrogens is 222 g/mol. The van der Waals surface area contributed by atoms with E-state index in [0.717, 1.165) is 0 Å². The van der Waals surface area contributed by atoms with Crippen molar-refractivity contribution in [2.24, 2.45) is 0 Å². The van der Waals surface area contributed by atoms with Crippen molar-refractivity contribution in [1.82, 2.24) is 5.32 Å². The standard InChI is InChI=1S/C12H15NO4/c1-3-12(11(16)17,13-8(2)14)9-4-6-10(15)7-5-9/h4-7,15H,3H2,1-2H3,(H,13,14)(H,16,17). The number of rotatable bonds is 4. The van der Waals surface area contributed by atoms with Crippen molar-refractivity contribution in [3.8, 4) is 5.75 Å².